The first-order valence-electron chi connectivity index (χ1n) is 8.22. The van der Waals surface area contributed by atoms with E-state index in [0.29, 0.717) is 26.3 Å². The molecule has 6 nitrogen and oxygen atoms in total. The highest BCUT2D eigenvalue weighted by atomic mass is 16.5. The number of fused-ring (bicyclic) bond motifs is 1. The Bertz CT molecular complexity index is 543. The van der Waals surface area contributed by atoms with Crippen LogP contribution >= 0.6 is 0 Å². The molecule has 0 bridgehead atoms. The third-order valence-electron chi connectivity index (χ3n) is 4.11. The Hall–Kier alpha value is -1.79. The average molecular weight is 320 g/mol. The summed E-state index contributed by atoms with van der Waals surface area (Å²) in [7, 11) is 0. The lowest BCUT2D eigenvalue weighted by Gasteiger charge is -2.25. The van der Waals surface area contributed by atoms with Crippen LogP contribution in [-0.2, 0) is 16.1 Å². The molecule has 1 fully saturated rings. The lowest BCUT2D eigenvalue weighted by atomic mass is 10.1. The van der Waals surface area contributed by atoms with Crippen molar-refractivity contribution in [3.8, 4) is 11.5 Å². The predicted octanol–water partition coefficient (Wildman–Crippen LogP) is 1.31. The second kappa shape index (κ2) is 7.66. The van der Waals surface area contributed by atoms with E-state index in [4.69, 9.17) is 19.9 Å². The molecule has 0 radical (unpaired) electrons. The van der Waals surface area contributed by atoms with Gasteiger partial charge in [0.25, 0.3) is 0 Å². The summed E-state index contributed by atoms with van der Waals surface area (Å²) in [5.74, 6) is 1.23. The van der Waals surface area contributed by atoms with Crippen LogP contribution in [0.15, 0.2) is 18.2 Å². The maximum atomic E-state index is 11.4. The van der Waals surface area contributed by atoms with Crippen molar-refractivity contribution >= 4 is 5.91 Å². The molecule has 23 heavy (non-hydrogen) atoms. The van der Waals surface area contributed by atoms with Gasteiger partial charge in [0.1, 0.15) is 0 Å². The topological polar surface area (TPSA) is 74.0 Å². The summed E-state index contributed by atoms with van der Waals surface area (Å²) in [5, 5.41) is 0. The smallest absolute Gasteiger partial charge is 0.231 e. The van der Waals surface area contributed by atoms with Crippen LogP contribution in [0.3, 0.4) is 0 Å². The summed E-state index contributed by atoms with van der Waals surface area (Å²) in [6.45, 7) is 3.61. The van der Waals surface area contributed by atoms with Gasteiger partial charge in [0, 0.05) is 31.7 Å². The van der Waals surface area contributed by atoms with Gasteiger partial charge in [-0.25, -0.2) is 0 Å². The van der Waals surface area contributed by atoms with Gasteiger partial charge in [0.15, 0.2) is 11.5 Å². The third-order valence-corrected chi connectivity index (χ3v) is 4.11. The number of carbonyl (C=O) groups excluding carboxylic acids is 1. The summed E-state index contributed by atoms with van der Waals surface area (Å²) >= 11 is 0. The first-order chi connectivity index (χ1) is 11.2. The minimum Gasteiger partial charge on any atom is -0.490 e. The highest BCUT2D eigenvalue weighted by Gasteiger charge is 2.22. The van der Waals surface area contributed by atoms with E-state index in [1.807, 2.05) is 23.1 Å². The predicted molar refractivity (Wildman–Crippen MR) is 85.5 cm³/mol. The molecule has 0 aliphatic carbocycles. The van der Waals surface area contributed by atoms with E-state index < -0.39 is 0 Å². The summed E-state index contributed by atoms with van der Waals surface area (Å²) in [4.78, 5) is 13.4. The van der Waals surface area contributed by atoms with Crippen molar-refractivity contribution in [2.24, 2.45) is 5.73 Å². The highest BCUT2D eigenvalue weighted by molar-refractivity contribution is 5.75. The number of rotatable bonds is 6. The number of ether oxygens (including phenoxy) is 3. The van der Waals surface area contributed by atoms with Crippen LogP contribution in [0.4, 0.5) is 0 Å². The van der Waals surface area contributed by atoms with Crippen molar-refractivity contribution in [2.75, 3.05) is 32.9 Å². The summed E-state index contributed by atoms with van der Waals surface area (Å²) in [6, 6.07) is 5.89. The molecule has 3 rings (SSSR count). The molecule has 126 valence electrons. The van der Waals surface area contributed by atoms with Crippen molar-refractivity contribution in [2.45, 2.75) is 31.9 Å². The van der Waals surface area contributed by atoms with E-state index in [-0.39, 0.29) is 18.6 Å². The maximum absolute atomic E-state index is 11.4. The van der Waals surface area contributed by atoms with Gasteiger partial charge < -0.3 is 19.9 Å². The molecule has 2 N–H and O–H groups in total. The Balaban J connectivity index is 1.74. The number of para-hydroxylation sites is 1. The summed E-state index contributed by atoms with van der Waals surface area (Å²) < 4.78 is 17.3. The van der Waals surface area contributed by atoms with Crippen molar-refractivity contribution in [3.05, 3.63) is 23.8 Å². The molecule has 2 heterocycles. The normalized spacial score (nSPS) is 20.5. The highest BCUT2D eigenvalue weighted by Crippen LogP contribution is 2.34. The average Bonchev–Trinajstić information content (AvgIpc) is 2.89. The van der Waals surface area contributed by atoms with Gasteiger partial charge in [-0.1, -0.05) is 12.1 Å². The van der Waals surface area contributed by atoms with E-state index >= 15 is 0 Å². The number of carbonyl (C=O) groups is 1. The van der Waals surface area contributed by atoms with Gasteiger partial charge in [-0.3, -0.25) is 9.69 Å². The lowest BCUT2D eigenvalue weighted by molar-refractivity contribution is -0.119. The van der Waals surface area contributed by atoms with Gasteiger partial charge >= 0.3 is 0 Å². The first-order valence-corrected chi connectivity index (χ1v) is 8.22. The Morgan fingerprint density at radius 1 is 1.22 bits per heavy atom. The molecule has 0 unspecified atom stereocenters. The molecular weight excluding hydrogens is 296 g/mol. The first kappa shape index (κ1) is 16.1. The van der Waals surface area contributed by atoms with E-state index in [9.17, 15) is 4.79 Å². The Kier molecular flexibility index (Phi) is 5.35. The van der Waals surface area contributed by atoms with Crippen LogP contribution in [-0.4, -0.2) is 49.8 Å². The summed E-state index contributed by atoms with van der Waals surface area (Å²) in [5.41, 5.74) is 6.42. The van der Waals surface area contributed by atoms with Gasteiger partial charge in [-0.05, 0) is 18.9 Å². The second-order valence-corrected chi connectivity index (χ2v) is 6.07. The maximum Gasteiger partial charge on any atom is 0.231 e. The molecule has 0 spiro atoms. The Labute approximate surface area is 136 Å². The monoisotopic (exact) mass is 320 g/mol. The minimum absolute atomic E-state index is 0.175. The number of benzene rings is 1. The van der Waals surface area contributed by atoms with Crippen LogP contribution in [0.2, 0.25) is 0 Å². The lowest BCUT2D eigenvalue weighted by Crippen LogP contribution is -2.38. The number of amides is 1. The Morgan fingerprint density at radius 3 is 2.87 bits per heavy atom. The Morgan fingerprint density at radius 2 is 2.09 bits per heavy atom. The largest absolute Gasteiger partial charge is 0.490 e. The number of primary amides is 1. The molecular formula is C17H24N2O4. The number of nitrogens with two attached hydrogens (primary N) is 1. The van der Waals surface area contributed by atoms with Gasteiger partial charge in [0.05, 0.1) is 25.9 Å². The van der Waals surface area contributed by atoms with Crippen molar-refractivity contribution < 1.29 is 19.0 Å². The quantitative estimate of drug-likeness (QED) is 0.855. The number of hydrogen-bond acceptors (Lipinski definition) is 5. The zero-order chi connectivity index (χ0) is 16.1. The van der Waals surface area contributed by atoms with Gasteiger partial charge in [-0.2, -0.15) is 0 Å². The van der Waals surface area contributed by atoms with E-state index in [0.717, 1.165) is 42.9 Å². The third kappa shape index (κ3) is 4.36. The fourth-order valence-electron chi connectivity index (χ4n) is 3.10. The standard InChI is InChI=1S/C17H24N2O4/c18-16(20)12-19(11-14-5-2-7-21-14)10-13-4-1-6-15-17(13)23-9-3-8-22-15/h1,4,6,14H,2-3,5,7-12H2,(H2,18,20)/t14-/m1/s1. The molecule has 1 saturated heterocycles. The molecule has 1 aromatic carbocycles. The van der Waals surface area contributed by atoms with Crippen molar-refractivity contribution in [1.29, 1.82) is 0 Å². The molecule has 1 atom stereocenters. The van der Waals surface area contributed by atoms with Crippen LogP contribution in [0.25, 0.3) is 0 Å². The van der Waals surface area contributed by atoms with E-state index in [1.54, 1.807) is 0 Å². The fourth-order valence-corrected chi connectivity index (χ4v) is 3.10. The fraction of sp³-hybridized carbons (Fsp3) is 0.588. The molecule has 2 aliphatic rings. The number of nitrogens with zero attached hydrogens (tertiary/aromatic N) is 1. The second-order valence-electron chi connectivity index (χ2n) is 6.07. The van der Waals surface area contributed by atoms with Crippen molar-refractivity contribution in [1.82, 2.24) is 4.90 Å². The van der Waals surface area contributed by atoms with Crippen LogP contribution in [0, 0.1) is 0 Å². The zero-order valence-corrected chi connectivity index (χ0v) is 13.3. The molecule has 1 amide bonds. The van der Waals surface area contributed by atoms with Crippen LogP contribution in [0.1, 0.15) is 24.8 Å². The van der Waals surface area contributed by atoms with Gasteiger partial charge in [0.2, 0.25) is 5.91 Å². The van der Waals surface area contributed by atoms with Gasteiger partial charge in [-0.15, -0.1) is 0 Å². The van der Waals surface area contributed by atoms with Crippen LogP contribution in [0.5, 0.6) is 11.5 Å². The van der Waals surface area contributed by atoms with E-state index in [2.05, 4.69) is 0 Å². The van der Waals surface area contributed by atoms with Crippen LogP contribution < -0.4 is 15.2 Å². The molecule has 1 aromatic rings. The molecule has 6 heteroatoms. The molecule has 2 aliphatic heterocycles. The zero-order valence-electron chi connectivity index (χ0n) is 13.3. The summed E-state index contributed by atoms with van der Waals surface area (Å²) in [6.07, 6.45) is 3.15. The molecule has 0 saturated carbocycles. The minimum atomic E-state index is -0.331. The van der Waals surface area contributed by atoms with E-state index in [1.165, 1.54) is 0 Å². The SMILES string of the molecule is NC(=O)CN(Cc1cccc2c1OCCCO2)C[C@H]1CCCO1. The number of hydrogen-bond donors (Lipinski definition) is 1. The molecule has 0 aromatic heterocycles. The van der Waals surface area contributed by atoms with Crippen molar-refractivity contribution in [3.63, 3.8) is 0 Å².